The number of nitrogens with zero attached hydrogens (tertiary/aromatic N) is 2. The van der Waals surface area contributed by atoms with Gasteiger partial charge < -0.3 is 9.80 Å². The Morgan fingerprint density at radius 2 is 1.43 bits per heavy atom. The van der Waals surface area contributed by atoms with E-state index in [2.05, 4.69) is 30.8 Å². The van der Waals surface area contributed by atoms with Crippen LogP contribution in [0.4, 0.5) is 0 Å². The van der Waals surface area contributed by atoms with E-state index in [1.165, 1.54) is 83.5 Å². The van der Waals surface area contributed by atoms with Crippen LogP contribution in [0.5, 0.6) is 0 Å². The average Bonchev–Trinajstić information content (AvgIpc) is 3.22. The van der Waals surface area contributed by atoms with E-state index in [9.17, 15) is 4.79 Å². The Morgan fingerprint density at radius 3 is 2.20 bits per heavy atom. The Morgan fingerprint density at radius 1 is 0.750 bits per heavy atom. The van der Waals surface area contributed by atoms with Gasteiger partial charge in [-0.3, -0.25) is 4.79 Å². The summed E-state index contributed by atoms with van der Waals surface area (Å²) in [5.41, 5.74) is 0. The van der Waals surface area contributed by atoms with Crippen LogP contribution in [0.25, 0.3) is 0 Å². The number of fused-ring (bicyclic) bond motifs is 2. The minimum atomic E-state index is 0.446. The fraction of sp³-hybridized carbons (Fsp3) is 0.973. The highest BCUT2D eigenvalue weighted by Gasteiger charge is 2.53. The maximum atomic E-state index is 13.6. The van der Waals surface area contributed by atoms with Crippen molar-refractivity contribution in [3.63, 3.8) is 0 Å². The molecule has 0 radical (unpaired) electrons. The lowest BCUT2D eigenvalue weighted by molar-refractivity contribution is -0.132. The number of carbonyl (C=O) groups excluding carboxylic acids is 1. The van der Waals surface area contributed by atoms with E-state index in [0.29, 0.717) is 17.9 Å². The van der Waals surface area contributed by atoms with Crippen molar-refractivity contribution < 1.29 is 4.79 Å². The summed E-state index contributed by atoms with van der Waals surface area (Å²) in [7, 11) is 4.54. The van der Waals surface area contributed by atoms with Crippen LogP contribution in [-0.2, 0) is 4.79 Å². The van der Waals surface area contributed by atoms with Crippen molar-refractivity contribution in [2.75, 3.05) is 20.6 Å². The first kappa shape index (κ1) is 28.2. The Kier molecular flexibility index (Phi) is 8.35. The fourth-order valence-electron chi connectivity index (χ4n) is 13.0. The molecule has 226 valence electrons. The van der Waals surface area contributed by atoms with E-state index < -0.39 is 0 Å². The molecule has 0 aromatic carbocycles. The molecule has 2 aliphatic heterocycles. The highest BCUT2D eigenvalue weighted by Crippen LogP contribution is 2.61. The zero-order valence-corrected chi connectivity index (χ0v) is 26.5. The molecule has 1 amide bonds. The molecule has 0 N–H and O–H groups in total. The Hall–Kier alpha value is -0.570. The number of carbonyl (C=O) groups is 1. The number of hydrogen-bond acceptors (Lipinski definition) is 2. The van der Waals surface area contributed by atoms with E-state index >= 15 is 0 Å². The summed E-state index contributed by atoms with van der Waals surface area (Å²) in [6.07, 6.45) is 26.9. The van der Waals surface area contributed by atoms with Gasteiger partial charge in [-0.2, -0.15) is 0 Å². The molecule has 0 spiro atoms. The minimum Gasteiger partial charge on any atom is -0.345 e. The molecule has 2 bridgehead atoms. The van der Waals surface area contributed by atoms with Crippen LogP contribution in [0.1, 0.15) is 129 Å². The van der Waals surface area contributed by atoms with Crippen molar-refractivity contribution in [1.29, 1.82) is 0 Å². The van der Waals surface area contributed by atoms with Gasteiger partial charge >= 0.3 is 0 Å². The average molecular weight is 551 g/mol. The van der Waals surface area contributed by atoms with Crippen molar-refractivity contribution >= 4 is 5.91 Å². The van der Waals surface area contributed by atoms with Gasteiger partial charge in [-0.05, 0) is 156 Å². The standard InChI is InChI=1S/C37H62N2O/c1-24-10-12-26(13-11-24)32-22-30-19-21-34(39(30)3)33(32)23-38(2)35(40)9-5-6-25-14-15-29-17-16-27-7-4-8-28-18-20-31(25)37(29)36(27)28/h24-34,36-37H,4-23H2,1-3H3/t24?,25?,26?,27?,28?,29?,30-,31?,32-,33?,34?,36?,37?/m1/s1. The van der Waals surface area contributed by atoms with Gasteiger partial charge in [0.15, 0.2) is 0 Å². The normalized spacial score (nSPS) is 48.4. The van der Waals surface area contributed by atoms with Crippen molar-refractivity contribution in [2.24, 2.45) is 65.1 Å². The largest absolute Gasteiger partial charge is 0.345 e. The molecule has 7 fully saturated rings. The van der Waals surface area contributed by atoms with E-state index in [4.69, 9.17) is 0 Å². The molecule has 3 nitrogen and oxygen atoms in total. The highest BCUT2D eigenvalue weighted by molar-refractivity contribution is 5.75. The summed E-state index contributed by atoms with van der Waals surface area (Å²) >= 11 is 0. The molecule has 5 aliphatic carbocycles. The van der Waals surface area contributed by atoms with Crippen LogP contribution in [-0.4, -0.2) is 48.4 Å². The first-order valence-corrected chi connectivity index (χ1v) is 18.4. The Bertz CT molecular complexity index is 873. The van der Waals surface area contributed by atoms with Crippen LogP contribution in [0.15, 0.2) is 0 Å². The van der Waals surface area contributed by atoms with Crippen molar-refractivity contribution in [3.8, 4) is 0 Å². The summed E-state index contributed by atoms with van der Waals surface area (Å²) in [5.74, 6) is 11.1. The Balaban J connectivity index is 0.939. The molecule has 9 unspecified atom stereocenters. The summed E-state index contributed by atoms with van der Waals surface area (Å²) in [6.45, 7) is 3.47. The van der Waals surface area contributed by atoms with Gasteiger partial charge in [0.1, 0.15) is 0 Å². The molecule has 40 heavy (non-hydrogen) atoms. The van der Waals surface area contributed by atoms with Gasteiger partial charge in [0, 0.05) is 32.1 Å². The smallest absolute Gasteiger partial charge is 0.222 e. The fourth-order valence-corrected chi connectivity index (χ4v) is 13.0. The first-order chi connectivity index (χ1) is 19.5. The van der Waals surface area contributed by atoms with E-state index in [-0.39, 0.29) is 0 Å². The van der Waals surface area contributed by atoms with Crippen molar-refractivity contribution in [3.05, 3.63) is 0 Å². The summed E-state index contributed by atoms with van der Waals surface area (Å²) < 4.78 is 0. The van der Waals surface area contributed by atoms with Crippen LogP contribution in [0, 0.1) is 65.1 Å². The van der Waals surface area contributed by atoms with Gasteiger partial charge in [0.25, 0.3) is 0 Å². The van der Waals surface area contributed by atoms with Crippen LogP contribution in [0.3, 0.4) is 0 Å². The van der Waals surface area contributed by atoms with Crippen molar-refractivity contribution in [2.45, 2.75) is 141 Å². The molecule has 7 rings (SSSR count). The summed E-state index contributed by atoms with van der Waals surface area (Å²) in [6, 6.07) is 1.52. The number of rotatable bonds is 7. The second kappa shape index (κ2) is 11.8. The molecular formula is C37H62N2O. The molecule has 3 heteroatoms. The monoisotopic (exact) mass is 550 g/mol. The lowest BCUT2D eigenvalue weighted by atomic mass is 9.46. The molecule has 0 aromatic heterocycles. The highest BCUT2D eigenvalue weighted by atomic mass is 16.2. The number of hydrogen-bond donors (Lipinski definition) is 0. The van der Waals surface area contributed by atoms with Gasteiger partial charge in [0.2, 0.25) is 5.91 Å². The van der Waals surface area contributed by atoms with E-state index in [1.54, 1.807) is 25.7 Å². The first-order valence-electron chi connectivity index (χ1n) is 18.4. The second-order valence-electron chi connectivity index (χ2n) is 16.7. The lowest BCUT2D eigenvalue weighted by Crippen LogP contribution is -2.52. The van der Waals surface area contributed by atoms with Crippen molar-refractivity contribution in [1.82, 2.24) is 9.80 Å². The molecular weight excluding hydrogens is 488 g/mol. The molecule has 2 saturated heterocycles. The quantitative estimate of drug-likeness (QED) is 0.318. The zero-order valence-electron chi connectivity index (χ0n) is 26.5. The Labute approximate surface area is 247 Å². The third-order valence-corrected chi connectivity index (χ3v) is 15.0. The zero-order chi connectivity index (χ0) is 27.4. The molecule has 2 heterocycles. The van der Waals surface area contributed by atoms with E-state index in [1.807, 2.05) is 0 Å². The third kappa shape index (κ3) is 5.23. The number of piperidine rings is 1. The van der Waals surface area contributed by atoms with Crippen LogP contribution < -0.4 is 0 Å². The predicted octanol–water partition coefficient (Wildman–Crippen LogP) is 8.42. The van der Waals surface area contributed by atoms with Gasteiger partial charge in [-0.15, -0.1) is 0 Å². The van der Waals surface area contributed by atoms with Gasteiger partial charge in [-0.1, -0.05) is 39.0 Å². The molecule has 7 aliphatic rings. The molecule has 11 atom stereocenters. The molecule has 0 aromatic rings. The predicted molar refractivity (Wildman–Crippen MR) is 165 cm³/mol. The number of amides is 1. The van der Waals surface area contributed by atoms with Crippen LogP contribution >= 0.6 is 0 Å². The second-order valence-corrected chi connectivity index (χ2v) is 16.7. The van der Waals surface area contributed by atoms with Gasteiger partial charge in [0.05, 0.1) is 0 Å². The summed E-state index contributed by atoms with van der Waals surface area (Å²) in [5, 5.41) is 0. The molecule has 5 saturated carbocycles. The third-order valence-electron chi connectivity index (χ3n) is 15.0. The topological polar surface area (TPSA) is 23.6 Å². The lowest BCUT2D eigenvalue weighted by Gasteiger charge is -2.59. The van der Waals surface area contributed by atoms with Crippen LogP contribution in [0.2, 0.25) is 0 Å². The minimum absolute atomic E-state index is 0.446. The van der Waals surface area contributed by atoms with Gasteiger partial charge in [-0.25, -0.2) is 0 Å². The summed E-state index contributed by atoms with van der Waals surface area (Å²) in [4.78, 5) is 18.5. The maximum Gasteiger partial charge on any atom is 0.222 e. The SMILES string of the molecule is CC1CCC([C@H]2C[C@H]3CCC(C2CN(C)C(=O)CCCC2CCC4CCC5CCCC6CCC2C4C56)N3C)CC1. The maximum absolute atomic E-state index is 13.6. The van der Waals surface area contributed by atoms with E-state index in [0.717, 1.165) is 84.6 Å².